The number of likely N-dealkylation sites (N-methyl/N-ethyl adjacent to an activating group) is 1. The molecule has 0 atom stereocenters. The number of hydrogen-bond acceptors (Lipinski definition) is 3. The average Bonchev–Trinajstić information content (AvgIpc) is 2.61. The van der Waals surface area contributed by atoms with Gasteiger partial charge in [0, 0.05) is 45.0 Å². The van der Waals surface area contributed by atoms with E-state index in [0.717, 1.165) is 43.1 Å². The largest absolute Gasteiger partial charge is 0.378 e. The molecule has 26 heavy (non-hydrogen) atoms. The van der Waals surface area contributed by atoms with Crippen molar-refractivity contribution in [3.05, 3.63) is 35.9 Å². The van der Waals surface area contributed by atoms with Gasteiger partial charge in [0.25, 0.3) is 0 Å². The molecule has 4 nitrogen and oxygen atoms in total. The molecular formula is C22H35N3O. The van der Waals surface area contributed by atoms with E-state index in [1.54, 1.807) is 6.08 Å². The van der Waals surface area contributed by atoms with Crippen LogP contribution in [0.3, 0.4) is 0 Å². The number of carbonyl (C=O) groups is 1. The summed E-state index contributed by atoms with van der Waals surface area (Å²) in [5.41, 5.74) is 2.23. The van der Waals surface area contributed by atoms with Gasteiger partial charge in [-0.2, -0.15) is 0 Å². The highest BCUT2D eigenvalue weighted by molar-refractivity contribution is 5.92. The number of anilines is 1. The summed E-state index contributed by atoms with van der Waals surface area (Å²) in [5, 5.41) is 0. The quantitative estimate of drug-likeness (QED) is 0.696. The highest BCUT2D eigenvalue weighted by Crippen LogP contribution is 2.27. The van der Waals surface area contributed by atoms with Crippen molar-refractivity contribution in [3.63, 3.8) is 0 Å². The number of rotatable bonds is 7. The lowest BCUT2D eigenvalue weighted by atomic mass is 9.86. The Hall–Kier alpha value is -1.81. The number of nitrogens with zero attached hydrogens (tertiary/aromatic N) is 3. The van der Waals surface area contributed by atoms with E-state index in [2.05, 4.69) is 60.0 Å². The monoisotopic (exact) mass is 357 g/mol. The highest BCUT2D eigenvalue weighted by atomic mass is 16.2. The zero-order valence-electron chi connectivity index (χ0n) is 17.1. The topological polar surface area (TPSA) is 26.8 Å². The van der Waals surface area contributed by atoms with Crippen molar-refractivity contribution in [2.45, 2.75) is 38.6 Å². The van der Waals surface area contributed by atoms with Crippen LogP contribution >= 0.6 is 0 Å². The molecule has 0 aromatic heterocycles. The van der Waals surface area contributed by atoms with E-state index < -0.39 is 0 Å². The third-order valence-electron chi connectivity index (χ3n) is 5.33. The van der Waals surface area contributed by atoms with Crippen molar-refractivity contribution in [3.8, 4) is 0 Å². The molecule has 1 aromatic carbocycles. The zero-order valence-corrected chi connectivity index (χ0v) is 17.1. The molecule has 0 aliphatic heterocycles. The van der Waals surface area contributed by atoms with E-state index in [1.807, 2.05) is 20.2 Å². The minimum atomic E-state index is 0.142. The third-order valence-corrected chi connectivity index (χ3v) is 5.33. The van der Waals surface area contributed by atoms with E-state index in [0.29, 0.717) is 6.04 Å². The van der Waals surface area contributed by atoms with Gasteiger partial charge in [-0.25, -0.2) is 0 Å². The maximum absolute atomic E-state index is 12.9. The first-order chi connectivity index (χ1) is 12.4. The Morgan fingerprint density at radius 1 is 1.00 bits per heavy atom. The maximum atomic E-state index is 12.9. The first kappa shape index (κ1) is 20.5. The summed E-state index contributed by atoms with van der Waals surface area (Å²) in [7, 11) is 8.19. The average molecular weight is 358 g/mol. The molecule has 0 spiro atoms. The summed E-state index contributed by atoms with van der Waals surface area (Å²) in [6, 6.07) is 8.67. The molecule has 4 heteroatoms. The van der Waals surface area contributed by atoms with Crippen LogP contribution < -0.4 is 4.90 Å². The van der Waals surface area contributed by atoms with Crippen molar-refractivity contribution < 1.29 is 4.79 Å². The van der Waals surface area contributed by atoms with Gasteiger partial charge in [0.1, 0.15) is 0 Å². The molecule has 1 amide bonds. The van der Waals surface area contributed by atoms with Crippen molar-refractivity contribution in [2.24, 2.45) is 5.92 Å². The number of amides is 1. The molecule has 0 bridgehead atoms. The Balaban J connectivity index is 2.04. The standard InChI is InChI=1S/C22H35N3O/c1-18-6-11-21(12-7-18)25(17-16-23(2)3)22(26)15-10-19-8-13-20(14-9-19)24(4)5/h8-10,13-15,18,21H,6-7,11-12,16-17H2,1-5H3. The van der Waals surface area contributed by atoms with Crippen LogP contribution in [0.25, 0.3) is 6.08 Å². The van der Waals surface area contributed by atoms with E-state index in [4.69, 9.17) is 0 Å². The molecular weight excluding hydrogens is 322 g/mol. The SMILES string of the molecule is CC1CCC(N(CCN(C)C)C(=O)C=Cc2ccc(N(C)C)cc2)CC1. The van der Waals surface area contributed by atoms with Gasteiger partial charge in [-0.1, -0.05) is 19.1 Å². The fourth-order valence-electron chi connectivity index (χ4n) is 3.48. The van der Waals surface area contributed by atoms with E-state index in [1.165, 1.54) is 12.8 Å². The van der Waals surface area contributed by atoms with Gasteiger partial charge in [0.2, 0.25) is 5.91 Å². The van der Waals surface area contributed by atoms with Crippen LogP contribution in [0.1, 0.15) is 38.2 Å². The fourth-order valence-corrected chi connectivity index (χ4v) is 3.48. The molecule has 1 saturated carbocycles. The van der Waals surface area contributed by atoms with Gasteiger partial charge in [0.05, 0.1) is 0 Å². The predicted molar refractivity (Wildman–Crippen MR) is 111 cm³/mol. The second-order valence-electron chi connectivity index (χ2n) is 8.07. The van der Waals surface area contributed by atoms with E-state index in [-0.39, 0.29) is 5.91 Å². The lowest BCUT2D eigenvalue weighted by Gasteiger charge is -2.36. The minimum Gasteiger partial charge on any atom is -0.378 e. The lowest BCUT2D eigenvalue weighted by molar-refractivity contribution is -0.129. The molecule has 144 valence electrons. The van der Waals surface area contributed by atoms with Crippen molar-refractivity contribution in [1.82, 2.24) is 9.80 Å². The molecule has 0 unspecified atom stereocenters. The minimum absolute atomic E-state index is 0.142. The van der Waals surface area contributed by atoms with Gasteiger partial charge in [-0.3, -0.25) is 4.79 Å². The van der Waals surface area contributed by atoms with Crippen LogP contribution in [0.4, 0.5) is 5.69 Å². The third kappa shape index (κ3) is 6.17. The molecule has 1 aromatic rings. The Kier molecular flexibility index (Phi) is 7.70. The first-order valence-corrected chi connectivity index (χ1v) is 9.77. The number of hydrogen-bond donors (Lipinski definition) is 0. The molecule has 0 N–H and O–H groups in total. The highest BCUT2D eigenvalue weighted by Gasteiger charge is 2.26. The molecule has 0 saturated heterocycles. The number of carbonyl (C=O) groups excluding carboxylic acids is 1. The molecule has 0 radical (unpaired) electrons. The smallest absolute Gasteiger partial charge is 0.246 e. The fraction of sp³-hybridized carbons (Fsp3) is 0.591. The molecule has 1 aliphatic carbocycles. The van der Waals surface area contributed by atoms with Gasteiger partial charge < -0.3 is 14.7 Å². The summed E-state index contributed by atoms with van der Waals surface area (Å²) < 4.78 is 0. The molecule has 2 rings (SSSR count). The normalized spacial score (nSPS) is 20.5. The second-order valence-corrected chi connectivity index (χ2v) is 8.07. The van der Waals surface area contributed by atoms with Crippen LogP contribution in [0.5, 0.6) is 0 Å². The lowest BCUT2D eigenvalue weighted by Crippen LogP contribution is -2.44. The maximum Gasteiger partial charge on any atom is 0.246 e. The summed E-state index contributed by atoms with van der Waals surface area (Å²) in [4.78, 5) is 19.2. The Morgan fingerprint density at radius 2 is 1.62 bits per heavy atom. The predicted octanol–water partition coefficient (Wildman–Crippen LogP) is 3.73. The van der Waals surface area contributed by atoms with Crippen molar-refractivity contribution in [1.29, 1.82) is 0 Å². The van der Waals surface area contributed by atoms with Crippen LogP contribution in [-0.2, 0) is 4.79 Å². The van der Waals surface area contributed by atoms with Crippen LogP contribution in [0, 0.1) is 5.92 Å². The van der Waals surface area contributed by atoms with Crippen LogP contribution in [-0.4, -0.2) is 63.0 Å². The van der Waals surface area contributed by atoms with Crippen molar-refractivity contribution >= 4 is 17.7 Å². The number of benzene rings is 1. The van der Waals surface area contributed by atoms with Crippen molar-refractivity contribution in [2.75, 3.05) is 46.2 Å². The zero-order chi connectivity index (χ0) is 19.1. The summed E-state index contributed by atoms with van der Waals surface area (Å²) >= 11 is 0. The molecule has 0 heterocycles. The summed E-state index contributed by atoms with van der Waals surface area (Å²) in [5.74, 6) is 0.936. The second kappa shape index (κ2) is 9.77. The summed E-state index contributed by atoms with van der Waals surface area (Å²) in [6.45, 7) is 4.03. The molecule has 1 fully saturated rings. The van der Waals surface area contributed by atoms with E-state index in [9.17, 15) is 4.79 Å². The first-order valence-electron chi connectivity index (χ1n) is 9.77. The van der Waals surface area contributed by atoms with E-state index >= 15 is 0 Å². The Morgan fingerprint density at radius 3 is 2.15 bits per heavy atom. The molecule has 1 aliphatic rings. The Labute approximate surface area is 159 Å². The van der Waals surface area contributed by atoms with Crippen LogP contribution in [0.15, 0.2) is 30.3 Å². The van der Waals surface area contributed by atoms with Gasteiger partial charge >= 0.3 is 0 Å². The Bertz CT molecular complexity index is 584. The summed E-state index contributed by atoms with van der Waals surface area (Å²) in [6.07, 6.45) is 8.41. The van der Waals surface area contributed by atoms with Crippen LogP contribution in [0.2, 0.25) is 0 Å². The van der Waals surface area contributed by atoms with Gasteiger partial charge in [0.15, 0.2) is 0 Å². The van der Waals surface area contributed by atoms with Gasteiger partial charge in [-0.05, 0) is 69.5 Å². The van der Waals surface area contributed by atoms with Gasteiger partial charge in [-0.15, -0.1) is 0 Å².